The summed E-state index contributed by atoms with van der Waals surface area (Å²) in [5.41, 5.74) is 5.93. The highest BCUT2D eigenvalue weighted by molar-refractivity contribution is 7.89. The third-order valence-corrected chi connectivity index (χ3v) is 4.16. The Morgan fingerprint density at radius 1 is 1.20 bits per heavy atom. The van der Waals surface area contributed by atoms with E-state index in [1.165, 1.54) is 26.4 Å². The normalized spacial score (nSPS) is 11.3. The van der Waals surface area contributed by atoms with Gasteiger partial charge in [0, 0.05) is 19.2 Å². The molecule has 114 valence electrons. The molecular formula is C12H20N2O5S. The second-order valence-electron chi connectivity index (χ2n) is 4.07. The first-order valence-corrected chi connectivity index (χ1v) is 7.56. The summed E-state index contributed by atoms with van der Waals surface area (Å²) in [6, 6.07) is 2.73. The van der Waals surface area contributed by atoms with Gasteiger partial charge in [-0.15, -0.1) is 0 Å². The zero-order chi connectivity index (χ0) is 15.2. The molecule has 0 aromatic heterocycles. The largest absolute Gasteiger partial charge is 0.495 e. The molecule has 0 atom stereocenters. The number of anilines is 1. The van der Waals surface area contributed by atoms with Crippen molar-refractivity contribution in [2.24, 2.45) is 0 Å². The maximum atomic E-state index is 12.2. The average Bonchev–Trinajstić information content (AvgIpc) is 2.43. The summed E-state index contributed by atoms with van der Waals surface area (Å²) in [6.07, 6.45) is 1.08. The number of methoxy groups -OCH3 is 2. The molecule has 0 aliphatic heterocycles. The molecule has 0 aliphatic carbocycles. The van der Waals surface area contributed by atoms with Gasteiger partial charge in [0.2, 0.25) is 10.0 Å². The van der Waals surface area contributed by atoms with Gasteiger partial charge in [-0.25, -0.2) is 13.1 Å². The lowest BCUT2D eigenvalue weighted by atomic mass is 10.3. The standard InChI is InChI=1S/C12H20N2O5S/c1-18-10-8-11(19-2)12(7-9(10)13)20(16,17)14-5-3-4-6-15/h7-8,14-15H,3-6,13H2,1-2H3. The van der Waals surface area contributed by atoms with Gasteiger partial charge in [-0.1, -0.05) is 0 Å². The average molecular weight is 304 g/mol. The van der Waals surface area contributed by atoms with Crippen molar-refractivity contribution in [3.63, 3.8) is 0 Å². The molecule has 8 heteroatoms. The lowest BCUT2D eigenvalue weighted by Gasteiger charge is -2.13. The highest BCUT2D eigenvalue weighted by Gasteiger charge is 2.21. The minimum Gasteiger partial charge on any atom is -0.495 e. The highest BCUT2D eigenvalue weighted by atomic mass is 32.2. The maximum absolute atomic E-state index is 12.2. The number of unbranched alkanes of at least 4 members (excludes halogenated alkanes) is 1. The van der Waals surface area contributed by atoms with Crippen molar-refractivity contribution in [2.75, 3.05) is 33.1 Å². The topological polar surface area (TPSA) is 111 Å². The van der Waals surface area contributed by atoms with Crippen LogP contribution in [-0.2, 0) is 10.0 Å². The summed E-state index contributed by atoms with van der Waals surface area (Å²) in [4.78, 5) is -0.0395. The zero-order valence-electron chi connectivity index (χ0n) is 11.5. The van der Waals surface area contributed by atoms with Crippen LogP contribution < -0.4 is 19.9 Å². The highest BCUT2D eigenvalue weighted by Crippen LogP contribution is 2.33. The number of sulfonamides is 1. The summed E-state index contributed by atoms with van der Waals surface area (Å²) in [5.74, 6) is 0.506. The summed E-state index contributed by atoms with van der Waals surface area (Å²) in [6.45, 7) is 0.262. The summed E-state index contributed by atoms with van der Waals surface area (Å²) in [5, 5.41) is 8.66. The van der Waals surface area contributed by atoms with E-state index in [0.29, 0.717) is 18.6 Å². The predicted molar refractivity (Wildman–Crippen MR) is 75.5 cm³/mol. The number of rotatable bonds is 8. The Labute approximate surface area is 118 Å². The number of nitrogens with one attached hydrogen (secondary N) is 1. The molecule has 1 aromatic carbocycles. The first-order chi connectivity index (χ1) is 9.46. The molecule has 0 heterocycles. The van der Waals surface area contributed by atoms with Crippen LogP contribution in [0.1, 0.15) is 12.8 Å². The quantitative estimate of drug-likeness (QED) is 0.472. The predicted octanol–water partition coefficient (Wildman–Crippen LogP) is 0.337. The Morgan fingerprint density at radius 2 is 1.85 bits per heavy atom. The third-order valence-electron chi connectivity index (χ3n) is 2.68. The minimum absolute atomic E-state index is 0.0283. The number of nitrogen functional groups attached to an aromatic ring is 1. The lowest BCUT2D eigenvalue weighted by molar-refractivity contribution is 0.285. The van der Waals surface area contributed by atoms with Crippen LogP contribution in [0.5, 0.6) is 11.5 Å². The molecule has 1 rings (SSSR count). The molecule has 0 amide bonds. The van der Waals surface area contributed by atoms with Crippen LogP contribution in [0.25, 0.3) is 0 Å². The van der Waals surface area contributed by atoms with Crippen LogP contribution >= 0.6 is 0 Å². The van der Waals surface area contributed by atoms with Crippen LogP contribution in [0.2, 0.25) is 0 Å². The van der Waals surface area contributed by atoms with Crippen molar-refractivity contribution < 1.29 is 23.0 Å². The molecule has 0 aliphatic rings. The summed E-state index contributed by atoms with van der Waals surface area (Å²) >= 11 is 0. The first-order valence-electron chi connectivity index (χ1n) is 6.08. The van der Waals surface area contributed by atoms with Crippen LogP contribution in [-0.4, -0.2) is 40.9 Å². The van der Waals surface area contributed by atoms with Crippen molar-refractivity contribution in [2.45, 2.75) is 17.7 Å². The zero-order valence-corrected chi connectivity index (χ0v) is 12.4. The van der Waals surface area contributed by atoms with Crippen LogP contribution in [0.3, 0.4) is 0 Å². The van der Waals surface area contributed by atoms with Gasteiger partial charge in [-0.3, -0.25) is 0 Å². The summed E-state index contributed by atoms with van der Waals surface area (Å²) in [7, 11) is -0.915. The Hall–Kier alpha value is -1.51. The maximum Gasteiger partial charge on any atom is 0.244 e. The molecule has 4 N–H and O–H groups in total. The number of hydrogen-bond donors (Lipinski definition) is 3. The van der Waals surface area contributed by atoms with E-state index in [2.05, 4.69) is 4.72 Å². The smallest absolute Gasteiger partial charge is 0.244 e. The van der Waals surface area contributed by atoms with Gasteiger partial charge < -0.3 is 20.3 Å². The molecule has 7 nitrogen and oxygen atoms in total. The van der Waals surface area contributed by atoms with Crippen LogP contribution in [0.4, 0.5) is 5.69 Å². The Bertz CT molecular complexity index is 545. The number of hydrogen-bond acceptors (Lipinski definition) is 6. The third kappa shape index (κ3) is 3.99. The van der Waals surface area contributed by atoms with Gasteiger partial charge in [0.25, 0.3) is 0 Å². The van der Waals surface area contributed by atoms with Gasteiger partial charge in [0.05, 0.1) is 19.9 Å². The van der Waals surface area contributed by atoms with Gasteiger partial charge in [-0.05, 0) is 18.9 Å². The van der Waals surface area contributed by atoms with E-state index < -0.39 is 10.0 Å². The fraction of sp³-hybridized carbons (Fsp3) is 0.500. The lowest BCUT2D eigenvalue weighted by Crippen LogP contribution is -2.25. The Balaban J connectivity index is 3.01. The molecular weight excluding hydrogens is 284 g/mol. The minimum atomic E-state index is -3.72. The first kappa shape index (κ1) is 16.5. The molecule has 20 heavy (non-hydrogen) atoms. The van der Waals surface area contributed by atoms with Crippen molar-refractivity contribution in [3.05, 3.63) is 12.1 Å². The monoisotopic (exact) mass is 304 g/mol. The molecule has 1 aromatic rings. The van der Waals surface area contributed by atoms with E-state index in [0.717, 1.165) is 0 Å². The van der Waals surface area contributed by atoms with Gasteiger partial charge >= 0.3 is 0 Å². The SMILES string of the molecule is COc1cc(OC)c(S(=O)(=O)NCCCCO)cc1N. The van der Waals surface area contributed by atoms with E-state index in [-0.39, 0.29) is 29.5 Å². The van der Waals surface area contributed by atoms with Crippen molar-refractivity contribution >= 4 is 15.7 Å². The fourth-order valence-electron chi connectivity index (χ4n) is 1.62. The number of aliphatic hydroxyl groups excluding tert-OH is 1. The Morgan fingerprint density at radius 3 is 2.40 bits per heavy atom. The molecule has 0 fully saturated rings. The fourth-order valence-corrected chi connectivity index (χ4v) is 2.88. The number of aliphatic hydroxyl groups is 1. The van der Waals surface area contributed by atoms with E-state index in [4.69, 9.17) is 20.3 Å². The van der Waals surface area contributed by atoms with Gasteiger partial charge in [-0.2, -0.15) is 0 Å². The second-order valence-corrected chi connectivity index (χ2v) is 5.81. The molecule has 0 spiro atoms. The molecule has 0 radical (unpaired) electrons. The molecule has 0 saturated carbocycles. The molecule has 0 bridgehead atoms. The number of benzene rings is 1. The van der Waals surface area contributed by atoms with Crippen LogP contribution in [0.15, 0.2) is 17.0 Å². The van der Waals surface area contributed by atoms with Crippen molar-refractivity contribution in [1.29, 1.82) is 0 Å². The van der Waals surface area contributed by atoms with E-state index in [1.807, 2.05) is 0 Å². The van der Waals surface area contributed by atoms with Crippen molar-refractivity contribution in [3.8, 4) is 11.5 Å². The van der Waals surface area contributed by atoms with E-state index >= 15 is 0 Å². The molecule has 0 unspecified atom stereocenters. The van der Waals surface area contributed by atoms with E-state index in [9.17, 15) is 8.42 Å². The number of ether oxygens (including phenoxy) is 2. The van der Waals surface area contributed by atoms with Crippen LogP contribution in [0, 0.1) is 0 Å². The molecule has 0 saturated heterocycles. The van der Waals surface area contributed by atoms with Gasteiger partial charge in [0.1, 0.15) is 16.4 Å². The van der Waals surface area contributed by atoms with Gasteiger partial charge in [0.15, 0.2) is 0 Å². The van der Waals surface area contributed by atoms with E-state index in [1.54, 1.807) is 0 Å². The number of nitrogens with two attached hydrogens (primary N) is 1. The Kier molecular flexibility index (Phi) is 6.05. The summed E-state index contributed by atoms with van der Waals surface area (Å²) < 4.78 is 36.9. The van der Waals surface area contributed by atoms with Crippen molar-refractivity contribution in [1.82, 2.24) is 4.72 Å². The second kappa shape index (κ2) is 7.32.